The maximum Gasteiger partial charge on any atom is 0.224 e. The second-order valence-electron chi connectivity index (χ2n) is 5.02. The number of hydrogen-bond acceptors (Lipinski definition) is 3. The molecule has 1 aliphatic carbocycles. The van der Waals surface area contributed by atoms with Crippen molar-refractivity contribution in [1.82, 2.24) is 9.97 Å². The summed E-state index contributed by atoms with van der Waals surface area (Å²) >= 11 is 5.93. The first-order valence-electron chi connectivity index (χ1n) is 5.82. The summed E-state index contributed by atoms with van der Waals surface area (Å²) in [6.45, 7) is 3.23. The SMILES string of the molecule is CC1(CNc2nc(Cl)nc3ccccc23)CC1. The lowest BCUT2D eigenvalue weighted by molar-refractivity contribution is 0.610. The zero-order valence-electron chi connectivity index (χ0n) is 9.70. The van der Waals surface area contributed by atoms with E-state index in [1.54, 1.807) is 0 Å². The van der Waals surface area contributed by atoms with Gasteiger partial charge in [-0.25, -0.2) is 9.97 Å². The highest BCUT2D eigenvalue weighted by molar-refractivity contribution is 6.28. The van der Waals surface area contributed by atoms with Gasteiger partial charge in [0.25, 0.3) is 0 Å². The van der Waals surface area contributed by atoms with Crippen molar-refractivity contribution in [2.45, 2.75) is 19.8 Å². The Hall–Kier alpha value is -1.35. The Bertz CT molecular complexity index is 564. The van der Waals surface area contributed by atoms with E-state index in [9.17, 15) is 0 Å². The Morgan fingerprint density at radius 3 is 2.82 bits per heavy atom. The molecule has 3 rings (SSSR count). The van der Waals surface area contributed by atoms with Crippen LogP contribution < -0.4 is 5.32 Å². The first-order valence-corrected chi connectivity index (χ1v) is 6.20. The van der Waals surface area contributed by atoms with Crippen molar-refractivity contribution in [2.75, 3.05) is 11.9 Å². The first kappa shape index (κ1) is 10.8. The van der Waals surface area contributed by atoms with E-state index in [4.69, 9.17) is 11.6 Å². The van der Waals surface area contributed by atoms with Crippen LogP contribution in [0.1, 0.15) is 19.8 Å². The third-order valence-electron chi connectivity index (χ3n) is 3.36. The molecule has 88 valence electrons. The number of aromatic nitrogens is 2. The van der Waals surface area contributed by atoms with Gasteiger partial charge >= 0.3 is 0 Å². The molecule has 1 aromatic carbocycles. The molecule has 4 heteroatoms. The van der Waals surface area contributed by atoms with Crippen LogP contribution in [-0.2, 0) is 0 Å². The van der Waals surface area contributed by atoms with Crippen molar-refractivity contribution in [2.24, 2.45) is 5.41 Å². The van der Waals surface area contributed by atoms with Gasteiger partial charge in [0.2, 0.25) is 5.28 Å². The molecule has 0 atom stereocenters. The van der Waals surface area contributed by atoms with Gasteiger partial charge in [-0.3, -0.25) is 0 Å². The van der Waals surface area contributed by atoms with E-state index in [0.717, 1.165) is 23.3 Å². The smallest absolute Gasteiger partial charge is 0.224 e. The summed E-state index contributed by atoms with van der Waals surface area (Å²) in [5.74, 6) is 0.841. The zero-order chi connectivity index (χ0) is 11.9. The maximum absolute atomic E-state index is 5.93. The molecule has 1 saturated carbocycles. The van der Waals surface area contributed by atoms with E-state index in [-0.39, 0.29) is 0 Å². The van der Waals surface area contributed by atoms with Crippen LogP contribution in [0, 0.1) is 5.41 Å². The molecule has 0 bridgehead atoms. The maximum atomic E-state index is 5.93. The van der Waals surface area contributed by atoms with Crippen molar-refractivity contribution in [3.63, 3.8) is 0 Å². The monoisotopic (exact) mass is 247 g/mol. The number of nitrogens with one attached hydrogen (secondary N) is 1. The second-order valence-corrected chi connectivity index (χ2v) is 5.36. The number of nitrogens with zero attached hydrogens (tertiary/aromatic N) is 2. The van der Waals surface area contributed by atoms with Crippen LogP contribution in [0.4, 0.5) is 5.82 Å². The average Bonchev–Trinajstić information content (AvgIpc) is 3.05. The van der Waals surface area contributed by atoms with Gasteiger partial charge in [0.15, 0.2) is 0 Å². The number of fused-ring (bicyclic) bond motifs is 1. The topological polar surface area (TPSA) is 37.8 Å². The van der Waals surface area contributed by atoms with Gasteiger partial charge in [-0.2, -0.15) is 0 Å². The van der Waals surface area contributed by atoms with Gasteiger partial charge in [-0.1, -0.05) is 19.1 Å². The van der Waals surface area contributed by atoms with E-state index in [0.29, 0.717) is 10.7 Å². The number of para-hydroxylation sites is 1. The van der Waals surface area contributed by atoms with Crippen molar-refractivity contribution < 1.29 is 0 Å². The van der Waals surface area contributed by atoms with Gasteiger partial charge < -0.3 is 5.32 Å². The van der Waals surface area contributed by atoms with Crippen LogP contribution >= 0.6 is 11.6 Å². The van der Waals surface area contributed by atoms with Crippen LogP contribution in [0.5, 0.6) is 0 Å². The fourth-order valence-corrected chi connectivity index (χ4v) is 2.05. The summed E-state index contributed by atoms with van der Waals surface area (Å²) in [4.78, 5) is 8.49. The lowest BCUT2D eigenvalue weighted by Crippen LogP contribution is -2.13. The van der Waals surface area contributed by atoms with Crippen molar-refractivity contribution in [3.05, 3.63) is 29.5 Å². The fraction of sp³-hybridized carbons (Fsp3) is 0.385. The predicted octanol–water partition coefficient (Wildman–Crippen LogP) is 3.50. The highest BCUT2D eigenvalue weighted by atomic mass is 35.5. The molecule has 1 heterocycles. The van der Waals surface area contributed by atoms with Crippen molar-refractivity contribution >= 4 is 28.3 Å². The summed E-state index contributed by atoms with van der Waals surface area (Å²) < 4.78 is 0. The van der Waals surface area contributed by atoms with Gasteiger partial charge in [-0.05, 0) is 42.0 Å². The average molecular weight is 248 g/mol. The lowest BCUT2D eigenvalue weighted by Gasteiger charge is -2.12. The number of anilines is 1. The highest BCUT2D eigenvalue weighted by Crippen LogP contribution is 2.44. The quantitative estimate of drug-likeness (QED) is 0.844. The van der Waals surface area contributed by atoms with Crippen LogP contribution in [0.15, 0.2) is 24.3 Å². The second kappa shape index (κ2) is 3.84. The number of benzene rings is 1. The third kappa shape index (κ3) is 2.20. The van der Waals surface area contributed by atoms with Crippen LogP contribution in [0.2, 0.25) is 5.28 Å². The van der Waals surface area contributed by atoms with E-state index in [1.165, 1.54) is 12.8 Å². The Morgan fingerprint density at radius 1 is 1.29 bits per heavy atom. The van der Waals surface area contributed by atoms with Crippen molar-refractivity contribution in [1.29, 1.82) is 0 Å². The van der Waals surface area contributed by atoms with Crippen molar-refractivity contribution in [3.8, 4) is 0 Å². The summed E-state index contributed by atoms with van der Waals surface area (Å²) in [6.07, 6.45) is 2.58. The van der Waals surface area contributed by atoms with Gasteiger partial charge in [0, 0.05) is 11.9 Å². The van der Waals surface area contributed by atoms with Crippen LogP contribution in [-0.4, -0.2) is 16.5 Å². The molecule has 3 nitrogen and oxygen atoms in total. The Morgan fingerprint density at radius 2 is 2.06 bits per heavy atom. The van der Waals surface area contributed by atoms with E-state index < -0.39 is 0 Å². The van der Waals surface area contributed by atoms with Gasteiger partial charge in [0.05, 0.1) is 5.52 Å². The molecule has 0 unspecified atom stereocenters. The highest BCUT2D eigenvalue weighted by Gasteiger charge is 2.36. The summed E-state index contributed by atoms with van der Waals surface area (Å²) in [7, 11) is 0. The minimum Gasteiger partial charge on any atom is -0.369 e. The Kier molecular flexibility index (Phi) is 2.44. The fourth-order valence-electron chi connectivity index (χ4n) is 1.87. The molecule has 0 radical (unpaired) electrons. The molecule has 0 saturated heterocycles. The van der Waals surface area contributed by atoms with Crippen LogP contribution in [0.25, 0.3) is 10.9 Å². The molecule has 0 aliphatic heterocycles. The largest absolute Gasteiger partial charge is 0.369 e. The van der Waals surface area contributed by atoms with E-state index in [2.05, 4.69) is 22.2 Å². The minimum atomic E-state index is 0.298. The lowest BCUT2D eigenvalue weighted by atomic mass is 10.1. The van der Waals surface area contributed by atoms with Crippen LogP contribution in [0.3, 0.4) is 0 Å². The third-order valence-corrected chi connectivity index (χ3v) is 3.53. The van der Waals surface area contributed by atoms with E-state index in [1.807, 2.05) is 24.3 Å². The summed E-state index contributed by atoms with van der Waals surface area (Å²) in [5.41, 5.74) is 1.33. The number of hydrogen-bond donors (Lipinski definition) is 1. The van der Waals surface area contributed by atoms with Gasteiger partial charge in [0.1, 0.15) is 5.82 Å². The Labute approximate surface area is 105 Å². The molecular formula is C13H14ClN3. The first-order chi connectivity index (χ1) is 8.16. The molecule has 0 amide bonds. The molecule has 1 N–H and O–H groups in total. The minimum absolute atomic E-state index is 0.298. The van der Waals surface area contributed by atoms with Gasteiger partial charge in [-0.15, -0.1) is 0 Å². The normalized spacial score (nSPS) is 17.1. The number of rotatable bonds is 3. The molecule has 1 fully saturated rings. The Balaban J connectivity index is 1.96. The molecular weight excluding hydrogens is 234 g/mol. The summed E-state index contributed by atoms with van der Waals surface area (Å²) in [5, 5.41) is 4.72. The molecule has 17 heavy (non-hydrogen) atoms. The molecule has 0 spiro atoms. The zero-order valence-corrected chi connectivity index (χ0v) is 10.5. The molecule has 1 aliphatic rings. The van der Waals surface area contributed by atoms with E-state index >= 15 is 0 Å². The predicted molar refractivity (Wildman–Crippen MR) is 70.4 cm³/mol. The summed E-state index contributed by atoms with van der Waals surface area (Å²) in [6, 6.07) is 7.91. The molecule has 2 aromatic rings. The molecule has 1 aromatic heterocycles. The number of halogens is 1. The standard InChI is InChI=1S/C13H14ClN3/c1-13(6-7-13)8-15-11-9-4-2-3-5-10(9)16-12(14)17-11/h2-5H,6-8H2,1H3,(H,15,16,17).